The van der Waals surface area contributed by atoms with Crippen LogP contribution in [0.4, 0.5) is 4.39 Å². The maximum Gasteiger partial charge on any atom is 0.163 e. The fourth-order valence-electron chi connectivity index (χ4n) is 2.75. The van der Waals surface area contributed by atoms with Crippen molar-refractivity contribution in [2.24, 2.45) is 0 Å². The lowest BCUT2D eigenvalue weighted by Gasteiger charge is -2.35. The lowest BCUT2D eigenvalue weighted by molar-refractivity contribution is 0.171. The number of hydrogen-bond acceptors (Lipinski definition) is 4. The van der Waals surface area contributed by atoms with Gasteiger partial charge in [0.2, 0.25) is 0 Å². The molecule has 1 heterocycles. The van der Waals surface area contributed by atoms with Crippen molar-refractivity contribution in [3.8, 4) is 11.5 Å². The molecule has 0 saturated carbocycles. The third kappa shape index (κ3) is 4.12. The molecular formula is C16H24ClFN2O2. The first-order chi connectivity index (χ1) is 10.2. The van der Waals surface area contributed by atoms with Gasteiger partial charge in [0.25, 0.3) is 0 Å². The predicted molar refractivity (Wildman–Crippen MR) is 88.7 cm³/mol. The summed E-state index contributed by atoms with van der Waals surface area (Å²) in [5.41, 5.74) is 0.634. The lowest BCUT2D eigenvalue weighted by atomic mass is 9.99. The first-order valence-corrected chi connectivity index (χ1v) is 7.18. The molecule has 0 radical (unpaired) electrons. The summed E-state index contributed by atoms with van der Waals surface area (Å²) in [5.74, 6) is 0.701. The molecule has 1 aliphatic rings. The Morgan fingerprint density at radius 2 is 1.86 bits per heavy atom. The highest BCUT2D eigenvalue weighted by atomic mass is 35.5. The molecule has 0 unspecified atom stereocenters. The maximum absolute atomic E-state index is 14.5. The highest BCUT2D eigenvalue weighted by molar-refractivity contribution is 5.85. The molecule has 1 aliphatic heterocycles. The minimum atomic E-state index is -0.266. The Bertz CT molecular complexity index is 493. The van der Waals surface area contributed by atoms with Gasteiger partial charge in [-0.2, -0.15) is 0 Å². The van der Waals surface area contributed by atoms with Crippen LogP contribution in [0.25, 0.3) is 0 Å². The number of ether oxygens (including phenoxy) is 2. The first-order valence-electron chi connectivity index (χ1n) is 7.18. The fraction of sp³-hybridized carbons (Fsp3) is 0.500. The van der Waals surface area contributed by atoms with E-state index in [-0.39, 0.29) is 24.3 Å². The van der Waals surface area contributed by atoms with Crippen LogP contribution in [0.2, 0.25) is 0 Å². The fourth-order valence-corrected chi connectivity index (χ4v) is 2.75. The summed E-state index contributed by atoms with van der Waals surface area (Å²) < 4.78 is 24.9. The van der Waals surface area contributed by atoms with Gasteiger partial charge in [0.1, 0.15) is 5.82 Å². The third-order valence-corrected chi connectivity index (χ3v) is 3.84. The van der Waals surface area contributed by atoms with Crippen LogP contribution in [-0.2, 0) is 0 Å². The van der Waals surface area contributed by atoms with E-state index in [0.29, 0.717) is 23.5 Å². The largest absolute Gasteiger partial charge is 0.493 e. The van der Waals surface area contributed by atoms with Crippen LogP contribution in [0, 0.1) is 5.82 Å². The zero-order valence-corrected chi connectivity index (χ0v) is 13.9. The Hall–Kier alpha value is -1.30. The Morgan fingerprint density at radius 3 is 2.41 bits per heavy atom. The SMILES string of the molecule is C=CC[C@@H](c1cc(OC)c(OC)cc1F)N1CCNCC1.Cl. The van der Waals surface area contributed by atoms with Gasteiger partial charge in [-0.1, -0.05) is 6.08 Å². The van der Waals surface area contributed by atoms with Crippen molar-refractivity contribution in [3.63, 3.8) is 0 Å². The second kappa shape index (κ2) is 8.98. The molecule has 1 aromatic rings. The van der Waals surface area contributed by atoms with Gasteiger partial charge in [-0.05, 0) is 12.5 Å². The Labute approximate surface area is 137 Å². The number of methoxy groups -OCH3 is 2. The van der Waals surface area contributed by atoms with Gasteiger partial charge in [0.15, 0.2) is 11.5 Å². The van der Waals surface area contributed by atoms with Crippen molar-refractivity contribution in [2.45, 2.75) is 12.5 Å². The van der Waals surface area contributed by atoms with Crippen molar-refractivity contribution in [1.29, 1.82) is 0 Å². The molecular weight excluding hydrogens is 307 g/mol. The summed E-state index contributed by atoms with van der Waals surface area (Å²) in [7, 11) is 3.07. The summed E-state index contributed by atoms with van der Waals surface area (Å²) in [6.45, 7) is 7.43. The molecule has 0 spiro atoms. The number of rotatable bonds is 6. The summed E-state index contributed by atoms with van der Waals surface area (Å²) >= 11 is 0. The molecule has 1 atom stereocenters. The normalized spacial score (nSPS) is 16.5. The van der Waals surface area contributed by atoms with Crippen LogP contribution in [0.5, 0.6) is 11.5 Å². The Morgan fingerprint density at radius 1 is 1.27 bits per heavy atom. The molecule has 0 amide bonds. The zero-order chi connectivity index (χ0) is 15.2. The van der Waals surface area contributed by atoms with Crippen molar-refractivity contribution < 1.29 is 13.9 Å². The highest BCUT2D eigenvalue weighted by Gasteiger charge is 2.25. The summed E-state index contributed by atoms with van der Waals surface area (Å²) in [6, 6.07) is 3.11. The highest BCUT2D eigenvalue weighted by Crippen LogP contribution is 2.35. The smallest absolute Gasteiger partial charge is 0.163 e. The quantitative estimate of drug-likeness (QED) is 0.813. The minimum absolute atomic E-state index is 0. The molecule has 1 aromatic carbocycles. The van der Waals surface area contributed by atoms with Gasteiger partial charge in [0, 0.05) is 43.9 Å². The van der Waals surface area contributed by atoms with E-state index < -0.39 is 0 Å². The van der Waals surface area contributed by atoms with E-state index in [9.17, 15) is 4.39 Å². The van der Waals surface area contributed by atoms with Gasteiger partial charge in [-0.3, -0.25) is 4.90 Å². The Kier molecular flexibility index (Phi) is 7.65. The van der Waals surface area contributed by atoms with E-state index in [4.69, 9.17) is 9.47 Å². The van der Waals surface area contributed by atoms with Gasteiger partial charge in [-0.15, -0.1) is 19.0 Å². The van der Waals surface area contributed by atoms with Crippen LogP contribution in [0.15, 0.2) is 24.8 Å². The molecule has 1 fully saturated rings. The number of hydrogen-bond donors (Lipinski definition) is 1. The van der Waals surface area contributed by atoms with E-state index in [2.05, 4.69) is 16.8 Å². The molecule has 22 heavy (non-hydrogen) atoms. The second-order valence-corrected chi connectivity index (χ2v) is 5.05. The maximum atomic E-state index is 14.5. The number of benzene rings is 1. The van der Waals surface area contributed by atoms with Gasteiger partial charge in [-0.25, -0.2) is 4.39 Å². The molecule has 0 aliphatic carbocycles. The third-order valence-electron chi connectivity index (χ3n) is 3.84. The molecule has 2 rings (SSSR count). The van der Waals surface area contributed by atoms with Crippen molar-refractivity contribution in [3.05, 3.63) is 36.2 Å². The predicted octanol–water partition coefficient (Wildman–Crippen LogP) is 2.79. The van der Waals surface area contributed by atoms with Crippen LogP contribution in [0.3, 0.4) is 0 Å². The van der Waals surface area contributed by atoms with E-state index >= 15 is 0 Å². The number of piperazine rings is 1. The second-order valence-electron chi connectivity index (χ2n) is 5.05. The van der Waals surface area contributed by atoms with Gasteiger partial charge < -0.3 is 14.8 Å². The summed E-state index contributed by atoms with van der Waals surface area (Å²) in [4.78, 5) is 2.28. The van der Waals surface area contributed by atoms with Crippen LogP contribution in [0.1, 0.15) is 18.0 Å². The average Bonchev–Trinajstić information content (AvgIpc) is 2.53. The van der Waals surface area contributed by atoms with E-state index in [1.54, 1.807) is 13.2 Å². The standard InChI is InChI=1S/C16H23FN2O2.ClH/c1-4-5-14(19-8-6-18-7-9-19)12-10-15(20-2)16(21-3)11-13(12)17;/h4,10-11,14,18H,1,5-9H2,2-3H3;1H/t14-;/m0./s1. The van der Waals surface area contributed by atoms with Crippen molar-refractivity contribution in [2.75, 3.05) is 40.4 Å². The average molecular weight is 331 g/mol. The lowest BCUT2D eigenvalue weighted by Crippen LogP contribution is -2.45. The van der Waals surface area contributed by atoms with E-state index in [1.165, 1.54) is 13.2 Å². The van der Waals surface area contributed by atoms with Crippen LogP contribution >= 0.6 is 12.4 Å². The Balaban J connectivity index is 0.00000242. The molecule has 1 N–H and O–H groups in total. The first kappa shape index (κ1) is 18.7. The number of nitrogens with one attached hydrogen (secondary N) is 1. The van der Waals surface area contributed by atoms with Crippen LogP contribution in [-0.4, -0.2) is 45.3 Å². The van der Waals surface area contributed by atoms with Crippen LogP contribution < -0.4 is 14.8 Å². The van der Waals surface area contributed by atoms with Gasteiger partial charge in [0.05, 0.1) is 14.2 Å². The zero-order valence-electron chi connectivity index (χ0n) is 13.1. The molecule has 1 saturated heterocycles. The molecule has 124 valence electrons. The molecule has 4 nitrogen and oxygen atoms in total. The molecule has 6 heteroatoms. The van der Waals surface area contributed by atoms with Gasteiger partial charge >= 0.3 is 0 Å². The summed E-state index contributed by atoms with van der Waals surface area (Å²) in [5, 5.41) is 3.31. The topological polar surface area (TPSA) is 33.7 Å². The van der Waals surface area contributed by atoms with Crippen molar-refractivity contribution in [1.82, 2.24) is 10.2 Å². The minimum Gasteiger partial charge on any atom is -0.493 e. The summed E-state index contributed by atoms with van der Waals surface area (Å²) in [6.07, 6.45) is 2.54. The molecule has 0 aromatic heterocycles. The monoisotopic (exact) mass is 330 g/mol. The van der Waals surface area contributed by atoms with Crippen molar-refractivity contribution >= 4 is 12.4 Å². The van der Waals surface area contributed by atoms with E-state index in [0.717, 1.165) is 26.2 Å². The number of nitrogens with zero attached hydrogens (tertiary/aromatic N) is 1. The van der Waals surface area contributed by atoms with E-state index in [1.807, 2.05) is 6.08 Å². The number of halogens is 2. The molecule has 0 bridgehead atoms.